The highest BCUT2D eigenvalue weighted by Gasteiger charge is 2.25. The lowest BCUT2D eigenvalue weighted by atomic mass is 10.0. The molecule has 0 radical (unpaired) electrons. The summed E-state index contributed by atoms with van der Waals surface area (Å²) in [7, 11) is 1.28. The molecule has 0 bridgehead atoms. The minimum atomic E-state index is -0.495. The Bertz CT molecular complexity index is 854. The lowest BCUT2D eigenvalue weighted by molar-refractivity contribution is -0.110. The summed E-state index contributed by atoms with van der Waals surface area (Å²) in [5.41, 5.74) is 2.07. The molecule has 6 nitrogen and oxygen atoms in total. The van der Waals surface area contributed by atoms with Crippen molar-refractivity contribution in [3.05, 3.63) is 53.1 Å². The van der Waals surface area contributed by atoms with Crippen LogP contribution in [0.1, 0.15) is 21.5 Å². The number of hydrogen-bond acceptors (Lipinski definition) is 5. The summed E-state index contributed by atoms with van der Waals surface area (Å²) in [6.45, 7) is 0. The Kier molecular flexibility index (Phi) is 3.50. The van der Waals surface area contributed by atoms with E-state index in [0.29, 0.717) is 28.0 Å². The fourth-order valence-electron chi connectivity index (χ4n) is 2.40. The maximum absolute atomic E-state index is 12.1. The topological polar surface area (TPSA) is 95.9 Å². The van der Waals surface area contributed by atoms with Gasteiger partial charge in [-0.2, -0.15) is 0 Å². The number of nitrogens with one attached hydrogen (secondary N) is 1. The van der Waals surface area contributed by atoms with Gasteiger partial charge in [0.25, 0.3) is 5.91 Å². The normalized spacial score (nSPS) is 14.5. The van der Waals surface area contributed by atoms with Gasteiger partial charge in [0.1, 0.15) is 0 Å². The maximum atomic E-state index is 12.1. The van der Waals surface area contributed by atoms with E-state index in [1.807, 2.05) is 0 Å². The van der Waals surface area contributed by atoms with Crippen LogP contribution < -0.4 is 5.32 Å². The molecule has 1 heterocycles. The molecule has 1 amide bonds. The third-order valence-electron chi connectivity index (χ3n) is 3.57. The SMILES string of the molecule is COC(=O)c1ccc2c(c1)NC(=O)/C2=C\c1cccc(O)c1O. The standard InChI is InChI=1S/C17H13NO5/c1-23-17(22)10-5-6-11-12(16(21)18-13(11)8-10)7-9-3-2-4-14(19)15(9)20/h2-8,19-20H,1H3,(H,18,21)/b12-7-. The van der Waals surface area contributed by atoms with Gasteiger partial charge in [-0.25, -0.2) is 4.79 Å². The first-order valence-corrected chi connectivity index (χ1v) is 6.78. The van der Waals surface area contributed by atoms with Crippen LogP contribution in [0, 0.1) is 0 Å². The van der Waals surface area contributed by atoms with Gasteiger partial charge in [0.05, 0.1) is 12.7 Å². The Morgan fingerprint density at radius 3 is 2.74 bits per heavy atom. The first kappa shape index (κ1) is 14.6. The third-order valence-corrected chi connectivity index (χ3v) is 3.57. The minimum Gasteiger partial charge on any atom is -0.504 e. The molecule has 23 heavy (non-hydrogen) atoms. The van der Waals surface area contributed by atoms with Crippen molar-refractivity contribution in [1.29, 1.82) is 0 Å². The molecule has 116 valence electrons. The summed E-state index contributed by atoms with van der Waals surface area (Å²) in [5, 5.41) is 22.0. The number of anilines is 1. The number of fused-ring (bicyclic) bond motifs is 1. The van der Waals surface area contributed by atoms with Crippen LogP contribution in [0.15, 0.2) is 36.4 Å². The molecule has 1 aliphatic rings. The van der Waals surface area contributed by atoms with Gasteiger partial charge in [-0.15, -0.1) is 0 Å². The zero-order chi connectivity index (χ0) is 16.6. The Morgan fingerprint density at radius 1 is 1.22 bits per heavy atom. The number of rotatable bonds is 2. The average Bonchev–Trinajstić information content (AvgIpc) is 2.86. The van der Waals surface area contributed by atoms with E-state index in [1.54, 1.807) is 24.3 Å². The first-order valence-electron chi connectivity index (χ1n) is 6.78. The molecule has 3 N–H and O–H groups in total. The highest BCUT2D eigenvalue weighted by Crippen LogP contribution is 2.37. The third kappa shape index (κ3) is 2.50. The highest BCUT2D eigenvalue weighted by molar-refractivity contribution is 6.35. The van der Waals surface area contributed by atoms with Crippen LogP contribution >= 0.6 is 0 Å². The summed E-state index contributed by atoms with van der Waals surface area (Å²) < 4.78 is 4.65. The second kappa shape index (κ2) is 5.49. The first-order chi connectivity index (χ1) is 11.0. The molecule has 6 heteroatoms. The van der Waals surface area contributed by atoms with Crippen molar-refractivity contribution in [2.75, 3.05) is 12.4 Å². The molecular weight excluding hydrogens is 298 g/mol. The van der Waals surface area contributed by atoms with Gasteiger partial charge in [-0.05, 0) is 24.3 Å². The largest absolute Gasteiger partial charge is 0.504 e. The number of para-hydroxylation sites is 1. The van der Waals surface area contributed by atoms with Gasteiger partial charge in [-0.3, -0.25) is 4.79 Å². The Labute approximate surface area is 131 Å². The number of carbonyl (C=O) groups is 2. The summed E-state index contributed by atoms with van der Waals surface area (Å²) in [6.07, 6.45) is 1.48. The summed E-state index contributed by atoms with van der Waals surface area (Å²) >= 11 is 0. The van der Waals surface area contributed by atoms with E-state index in [4.69, 9.17) is 0 Å². The zero-order valence-electron chi connectivity index (χ0n) is 12.2. The van der Waals surface area contributed by atoms with Crippen LogP contribution in [0.3, 0.4) is 0 Å². The van der Waals surface area contributed by atoms with Crippen molar-refractivity contribution in [3.63, 3.8) is 0 Å². The number of amides is 1. The van der Waals surface area contributed by atoms with Gasteiger partial charge in [0, 0.05) is 22.4 Å². The second-order valence-electron chi connectivity index (χ2n) is 4.98. The van der Waals surface area contributed by atoms with Gasteiger partial charge in [0.15, 0.2) is 11.5 Å². The van der Waals surface area contributed by atoms with E-state index in [2.05, 4.69) is 10.1 Å². The van der Waals surface area contributed by atoms with E-state index in [0.717, 1.165) is 0 Å². The molecule has 0 spiro atoms. The molecule has 2 aromatic carbocycles. The van der Waals surface area contributed by atoms with Gasteiger partial charge < -0.3 is 20.3 Å². The Balaban J connectivity index is 2.07. The molecule has 0 unspecified atom stereocenters. The molecular formula is C17H13NO5. The van der Waals surface area contributed by atoms with Crippen molar-refractivity contribution >= 4 is 29.2 Å². The van der Waals surface area contributed by atoms with Crippen molar-refractivity contribution in [2.24, 2.45) is 0 Å². The highest BCUT2D eigenvalue weighted by atomic mass is 16.5. The number of esters is 1. The summed E-state index contributed by atoms with van der Waals surface area (Å²) in [5.74, 6) is -1.42. The fourth-order valence-corrected chi connectivity index (χ4v) is 2.40. The van der Waals surface area contributed by atoms with Crippen LogP contribution in [-0.4, -0.2) is 29.2 Å². The molecule has 2 aromatic rings. The average molecular weight is 311 g/mol. The van der Waals surface area contributed by atoms with Crippen molar-refractivity contribution in [3.8, 4) is 11.5 Å². The number of phenolic OH excluding ortho intramolecular Hbond substituents is 2. The van der Waals surface area contributed by atoms with Crippen LogP contribution in [0.4, 0.5) is 5.69 Å². The van der Waals surface area contributed by atoms with E-state index in [-0.39, 0.29) is 17.4 Å². The lowest BCUT2D eigenvalue weighted by Crippen LogP contribution is -2.04. The van der Waals surface area contributed by atoms with Crippen LogP contribution in [0.5, 0.6) is 11.5 Å². The summed E-state index contributed by atoms with van der Waals surface area (Å²) in [4.78, 5) is 23.7. The molecule has 0 aliphatic carbocycles. The number of carbonyl (C=O) groups excluding carboxylic acids is 2. The van der Waals surface area contributed by atoms with E-state index < -0.39 is 5.97 Å². The molecule has 0 atom stereocenters. The molecule has 0 saturated heterocycles. The van der Waals surface area contributed by atoms with Crippen molar-refractivity contribution in [2.45, 2.75) is 0 Å². The Morgan fingerprint density at radius 2 is 2.00 bits per heavy atom. The minimum absolute atomic E-state index is 0.265. The van der Waals surface area contributed by atoms with Crippen LogP contribution in [0.2, 0.25) is 0 Å². The molecule has 0 saturated carbocycles. The summed E-state index contributed by atoms with van der Waals surface area (Å²) in [6, 6.07) is 9.21. The predicted molar refractivity (Wildman–Crippen MR) is 84.1 cm³/mol. The number of hydrogen-bond donors (Lipinski definition) is 3. The smallest absolute Gasteiger partial charge is 0.337 e. The molecule has 0 aromatic heterocycles. The number of ether oxygens (including phenoxy) is 1. The van der Waals surface area contributed by atoms with Gasteiger partial charge in [-0.1, -0.05) is 18.2 Å². The van der Waals surface area contributed by atoms with Crippen molar-refractivity contribution in [1.82, 2.24) is 0 Å². The van der Waals surface area contributed by atoms with E-state index in [9.17, 15) is 19.8 Å². The number of phenols is 2. The molecule has 0 fully saturated rings. The Hall–Kier alpha value is -3.28. The van der Waals surface area contributed by atoms with E-state index >= 15 is 0 Å². The van der Waals surface area contributed by atoms with Crippen LogP contribution in [-0.2, 0) is 9.53 Å². The van der Waals surface area contributed by atoms with Gasteiger partial charge >= 0.3 is 5.97 Å². The predicted octanol–water partition coefficient (Wildman–Crippen LogP) is 2.38. The zero-order valence-corrected chi connectivity index (χ0v) is 12.2. The maximum Gasteiger partial charge on any atom is 0.337 e. The quantitative estimate of drug-likeness (QED) is 0.449. The molecule has 3 rings (SSSR count). The second-order valence-corrected chi connectivity index (χ2v) is 4.98. The van der Waals surface area contributed by atoms with Crippen molar-refractivity contribution < 1.29 is 24.5 Å². The number of benzene rings is 2. The fraction of sp³-hybridized carbons (Fsp3) is 0.0588. The van der Waals surface area contributed by atoms with Gasteiger partial charge in [0.2, 0.25) is 0 Å². The monoisotopic (exact) mass is 311 g/mol. The number of aromatic hydroxyl groups is 2. The van der Waals surface area contributed by atoms with E-state index in [1.165, 1.54) is 25.3 Å². The van der Waals surface area contributed by atoms with Crippen LogP contribution in [0.25, 0.3) is 11.6 Å². The lowest BCUT2D eigenvalue weighted by Gasteiger charge is -2.04. The number of methoxy groups -OCH3 is 1. The molecule has 1 aliphatic heterocycles.